The maximum atomic E-state index is 12.4. The van der Waals surface area contributed by atoms with Crippen LogP contribution in [-0.2, 0) is 11.0 Å². The third-order valence-electron chi connectivity index (χ3n) is 3.34. The normalized spacial score (nSPS) is 15.0. The Kier molecular flexibility index (Phi) is 9.09. The van der Waals surface area contributed by atoms with Crippen LogP contribution in [0.2, 0.25) is 0 Å². The lowest BCUT2D eigenvalue weighted by atomic mass is 10.0. The van der Waals surface area contributed by atoms with E-state index in [2.05, 4.69) is 5.32 Å². The van der Waals surface area contributed by atoms with Gasteiger partial charge in [-0.1, -0.05) is 6.92 Å². The van der Waals surface area contributed by atoms with Crippen molar-refractivity contribution >= 4 is 18.3 Å². The molecule has 0 saturated carbocycles. The molecule has 0 aromatic heterocycles. The van der Waals surface area contributed by atoms with Gasteiger partial charge in [-0.3, -0.25) is 4.79 Å². The van der Waals surface area contributed by atoms with Crippen LogP contribution in [0, 0.1) is 5.92 Å². The molecule has 4 N–H and O–H groups in total. The summed E-state index contributed by atoms with van der Waals surface area (Å²) in [6.45, 7) is 3.19. The molecule has 24 heavy (non-hydrogen) atoms. The van der Waals surface area contributed by atoms with Crippen molar-refractivity contribution in [3.8, 4) is 5.75 Å². The fraction of sp³-hybridized carbons (Fsp3) is 0.533. The van der Waals surface area contributed by atoms with Crippen molar-refractivity contribution in [3.63, 3.8) is 0 Å². The first-order valence-corrected chi connectivity index (χ1v) is 7.12. The summed E-state index contributed by atoms with van der Waals surface area (Å²) in [7, 11) is 0. The summed E-state index contributed by atoms with van der Waals surface area (Å²) in [4.78, 5) is 11.6. The second kappa shape index (κ2) is 9.71. The van der Waals surface area contributed by atoms with Crippen LogP contribution >= 0.6 is 12.4 Å². The Labute approximate surface area is 144 Å². The van der Waals surface area contributed by atoms with E-state index in [9.17, 15) is 23.1 Å². The van der Waals surface area contributed by atoms with E-state index >= 15 is 0 Å². The lowest BCUT2D eigenvalue weighted by Crippen LogP contribution is -2.42. The Morgan fingerprint density at radius 3 is 2.29 bits per heavy atom. The maximum Gasteiger partial charge on any atom is 0.416 e. The summed E-state index contributed by atoms with van der Waals surface area (Å²) in [6.07, 6.45) is -5.39. The maximum absolute atomic E-state index is 12.4. The van der Waals surface area contributed by atoms with Crippen molar-refractivity contribution in [1.29, 1.82) is 0 Å². The molecule has 138 valence electrons. The molecule has 9 heteroatoms. The van der Waals surface area contributed by atoms with E-state index in [1.165, 1.54) is 12.1 Å². The minimum absolute atomic E-state index is 0. The van der Waals surface area contributed by atoms with Crippen molar-refractivity contribution in [2.45, 2.75) is 32.2 Å². The first-order valence-electron chi connectivity index (χ1n) is 7.12. The highest BCUT2D eigenvalue weighted by molar-refractivity contribution is 5.85. The summed E-state index contributed by atoms with van der Waals surface area (Å²) >= 11 is 0. The van der Waals surface area contributed by atoms with Crippen molar-refractivity contribution in [2.75, 3.05) is 13.2 Å². The van der Waals surface area contributed by atoms with E-state index in [0.717, 1.165) is 12.1 Å². The molecule has 0 aliphatic rings. The topological polar surface area (TPSA) is 84.6 Å². The van der Waals surface area contributed by atoms with Gasteiger partial charge < -0.3 is 20.9 Å². The molecule has 0 saturated heterocycles. The van der Waals surface area contributed by atoms with Gasteiger partial charge in [-0.05, 0) is 31.2 Å². The van der Waals surface area contributed by atoms with Gasteiger partial charge in [0.05, 0.1) is 5.56 Å². The Balaban J connectivity index is 0.00000529. The second-order valence-corrected chi connectivity index (χ2v) is 5.38. The van der Waals surface area contributed by atoms with Gasteiger partial charge in [0.15, 0.2) is 0 Å². The molecule has 1 aromatic rings. The fourth-order valence-electron chi connectivity index (χ4n) is 1.61. The Morgan fingerprint density at radius 1 is 1.29 bits per heavy atom. The minimum atomic E-state index is -4.40. The largest absolute Gasteiger partial charge is 0.491 e. The van der Waals surface area contributed by atoms with E-state index in [4.69, 9.17) is 10.5 Å². The number of ether oxygens (including phenoxy) is 1. The van der Waals surface area contributed by atoms with Crippen LogP contribution < -0.4 is 15.8 Å². The van der Waals surface area contributed by atoms with Gasteiger partial charge in [0.1, 0.15) is 18.5 Å². The van der Waals surface area contributed by atoms with Gasteiger partial charge in [-0.2, -0.15) is 13.2 Å². The van der Waals surface area contributed by atoms with Gasteiger partial charge in [0.25, 0.3) is 0 Å². The number of halogens is 4. The SMILES string of the molecule is CC(N)C(C)C(=O)NCC(O)COc1ccc(C(F)(F)F)cc1.Cl. The number of nitrogens with two attached hydrogens (primary N) is 1. The number of amides is 1. The number of hydrogen-bond donors (Lipinski definition) is 3. The summed E-state index contributed by atoms with van der Waals surface area (Å²) in [5.74, 6) is -0.473. The molecule has 0 aliphatic carbocycles. The number of carbonyl (C=O) groups is 1. The quantitative estimate of drug-likeness (QED) is 0.685. The predicted molar refractivity (Wildman–Crippen MR) is 86.0 cm³/mol. The lowest BCUT2D eigenvalue weighted by molar-refractivity contribution is -0.137. The predicted octanol–water partition coefficient (Wildman–Crippen LogP) is 1.97. The molecule has 1 rings (SSSR count). The van der Waals surface area contributed by atoms with Crippen LogP contribution in [0.25, 0.3) is 0 Å². The number of hydrogen-bond acceptors (Lipinski definition) is 4. The van der Waals surface area contributed by atoms with E-state index in [-0.39, 0.29) is 43.3 Å². The molecular formula is C15H22ClF3N2O3. The number of aliphatic hydroxyl groups is 1. The molecule has 0 radical (unpaired) electrons. The smallest absolute Gasteiger partial charge is 0.416 e. The van der Waals surface area contributed by atoms with Gasteiger partial charge in [0.2, 0.25) is 5.91 Å². The first-order chi connectivity index (χ1) is 10.6. The van der Waals surface area contributed by atoms with Crippen molar-refractivity contribution < 1.29 is 27.8 Å². The summed E-state index contributed by atoms with van der Waals surface area (Å²) < 4.78 is 42.4. The van der Waals surface area contributed by atoms with Gasteiger partial charge >= 0.3 is 6.18 Å². The van der Waals surface area contributed by atoms with Crippen LogP contribution in [0.4, 0.5) is 13.2 Å². The summed E-state index contributed by atoms with van der Waals surface area (Å²) in [6, 6.07) is 3.83. The molecule has 0 fully saturated rings. The molecule has 0 heterocycles. The van der Waals surface area contributed by atoms with E-state index in [0.29, 0.717) is 0 Å². The number of benzene rings is 1. The third-order valence-corrected chi connectivity index (χ3v) is 3.34. The molecule has 3 atom stereocenters. The highest BCUT2D eigenvalue weighted by Crippen LogP contribution is 2.30. The number of aliphatic hydroxyl groups excluding tert-OH is 1. The number of alkyl halides is 3. The average molecular weight is 371 g/mol. The molecule has 1 aromatic carbocycles. The molecule has 5 nitrogen and oxygen atoms in total. The van der Waals surface area contributed by atoms with Crippen LogP contribution in [0.15, 0.2) is 24.3 Å². The first kappa shape index (κ1) is 22.5. The number of nitrogens with one attached hydrogen (secondary N) is 1. The van der Waals surface area contributed by atoms with Gasteiger partial charge in [-0.25, -0.2) is 0 Å². The Morgan fingerprint density at radius 2 is 1.83 bits per heavy atom. The van der Waals surface area contributed by atoms with Crippen molar-refractivity contribution in [1.82, 2.24) is 5.32 Å². The van der Waals surface area contributed by atoms with Crippen LogP contribution in [-0.4, -0.2) is 36.3 Å². The standard InChI is InChI=1S/C15H21F3N2O3.ClH/c1-9(10(2)19)14(22)20-7-12(21)8-23-13-5-3-11(4-6-13)15(16,17)18;/h3-6,9-10,12,21H,7-8,19H2,1-2H3,(H,20,22);1H. The monoisotopic (exact) mass is 370 g/mol. The summed E-state index contributed by atoms with van der Waals surface area (Å²) in [5, 5.41) is 12.2. The summed E-state index contributed by atoms with van der Waals surface area (Å²) in [5.41, 5.74) is 4.82. The molecular weight excluding hydrogens is 349 g/mol. The van der Waals surface area contributed by atoms with E-state index in [1.807, 2.05) is 0 Å². The van der Waals surface area contributed by atoms with Gasteiger partial charge in [-0.15, -0.1) is 12.4 Å². The Bertz CT molecular complexity index is 510. The highest BCUT2D eigenvalue weighted by Gasteiger charge is 2.30. The van der Waals surface area contributed by atoms with Crippen LogP contribution in [0.1, 0.15) is 19.4 Å². The highest BCUT2D eigenvalue weighted by atomic mass is 35.5. The molecule has 0 aliphatic heterocycles. The van der Waals surface area contributed by atoms with Crippen molar-refractivity contribution in [2.24, 2.45) is 11.7 Å². The van der Waals surface area contributed by atoms with Crippen LogP contribution in [0.5, 0.6) is 5.75 Å². The fourth-order valence-corrected chi connectivity index (χ4v) is 1.61. The Hall–Kier alpha value is -1.51. The average Bonchev–Trinajstić information content (AvgIpc) is 2.49. The number of carbonyl (C=O) groups excluding carboxylic acids is 1. The zero-order valence-electron chi connectivity index (χ0n) is 13.3. The van der Waals surface area contributed by atoms with Crippen molar-refractivity contribution in [3.05, 3.63) is 29.8 Å². The zero-order valence-corrected chi connectivity index (χ0v) is 14.2. The molecule has 1 amide bonds. The van der Waals surface area contributed by atoms with E-state index < -0.39 is 23.8 Å². The molecule has 0 spiro atoms. The molecule has 0 bridgehead atoms. The third kappa shape index (κ3) is 7.37. The van der Waals surface area contributed by atoms with Crippen LogP contribution in [0.3, 0.4) is 0 Å². The second-order valence-electron chi connectivity index (χ2n) is 5.38. The number of rotatable bonds is 7. The zero-order chi connectivity index (χ0) is 17.6. The van der Waals surface area contributed by atoms with E-state index in [1.54, 1.807) is 13.8 Å². The van der Waals surface area contributed by atoms with Gasteiger partial charge in [0, 0.05) is 18.5 Å². The molecule has 3 unspecified atom stereocenters. The minimum Gasteiger partial charge on any atom is -0.491 e. The lowest BCUT2D eigenvalue weighted by Gasteiger charge is -2.18.